The second kappa shape index (κ2) is 11.1. The molecule has 3 heterocycles. The first-order valence-corrected chi connectivity index (χ1v) is 11.7. The van der Waals surface area contributed by atoms with Crippen molar-refractivity contribution in [2.75, 3.05) is 17.7 Å². The molecule has 0 unspecified atom stereocenters. The molecular weight excluding hydrogens is 480 g/mol. The highest BCUT2D eigenvalue weighted by Gasteiger charge is 2.20. The lowest BCUT2D eigenvalue weighted by atomic mass is 10.0. The van der Waals surface area contributed by atoms with E-state index in [9.17, 15) is 9.90 Å². The minimum absolute atomic E-state index is 0.0695. The lowest BCUT2D eigenvalue weighted by Gasteiger charge is -2.19. The standard InChI is InChI=1S/C29H28N6O3/c1-5-24(36)20-17-31-27(35-26-14-6-9-18(16-30)32-26)15-23(20)33-22-12-7-10-19(28(22)38-4)21-11-8-13-25(34-21)29(2,3)37/h6-15,17,37H,5H2,1-4H3,(H2,31,32,33,35)/i1D3. The van der Waals surface area contributed by atoms with Gasteiger partial charge in [0.2, 0.25) is 0 Å². The first-order valence-electron chi connectivity index (χ1n) is 13.2. The Kier molecular flexibility index (Phi) is 6.52. The summed E-state index contributed by atoms with van der Waals surface area (Å²) < 4.78 is 28.4. The fraction of sp³-hybridized carbons (Fsp3) is 0.207. The van der Waals surface area contributed by atoms with E-state index in [1.54, 1.807) is 68.4 Å². The van der Waals surface area contributed by atoms with Gasteiger partial charge in [-0.1, -0.05) is 25.1 Å². The SMILES string of the molecule is [2H]C([2H])([2H])CC(=O)c1cnc(Nc2cccc(C#N)n2)cc1Nc1cccc(-c2cccc(C(C)(C)O)n2)c1OC. The van der Waals surface area contributed by atoms with E-state index in [2.05, 4.69) is 25.6 Å². The number of benzene rings is 1. The van der Waals surface area contributed by atoms with Crippen molar-refractivity contribution >= 4 is 28.8 Å². The number of carbonyl (C=O) groups excluding carboxylic acids is 1. The summed E-state index contributed by atoms with van der Waals surface area (Å²) in [5.41, 5.74) is 1.55. The van der Waals surface area contributed by atoms with Crippen molar-refractivity contribution in [3.05, 3.63) is 83.8 Å². The lowest BCUT2D eigenvalue weighted by molar-refractivity contribution is 0.0739. The number of anilines is 4. The quantitative estimate of drug-likeness (QED) is 0.241. The van der Waals surface area contributed by atoms with Crippen molar-refractivity contribution in [1.29, 1.82) is 5.26 Å². The van der Waals surface area contributed by atoms with E-state index in [-0.39, 0.29) is 16.9 Å². The molecule has 9 nitrogen and oxygen atoms in total. The van der Waals surface area contributed by atoms with Gasteiger partial charge in [0.15, 0.2) is 11.5 Å². The van der Waals surface area contributed by atoms with Crippen molar-refractivity contribution in [3.8, 4) is 23.1 Å². The van der Waals surface area contributed by atoms with Gasteiger partial charge in [-0.05, 0) is 50.2 Å². The molecule has 38 heavy (non-hydrogen) atoms. The summed E-state index contributed by atoms with van der Waals surface area (Å²) in [6.07, 6.45) is 0.615. The number of carbonyl (C=O) groups is 1. The number of pyridine rings is 3. The third kappa shape index (κ3) is 5.77. The molecule has 0 radical (unpaired) electrons. The molecule has 0 fully saturated rings. The number of Topliss-reactive ketones (excluding diaryl/α,β-unsaturated/α-hetero) is 1. The van der Waals surface area contributed by atoms with Crippen LogP contribution in [0, 0.1) is 11.3 Å². The molecule has 0 saturated heterocycles. The van der Waals surface area contributed by atoms with Crippen LogP contribution in [-0.2, 0) is 5.60 Å². The van der Waals surface area contributed by atoms with Crippen LogP contribution in [0.5, 0.6) is 5.75 Å². The fourth-order valence-electron chi connectivity index (χ4n) is 3.77. The van der Waals surface area contributed by atoms with Crippen molar-refractivity contribution in [3.63, 3.8) is 0 Å². The van der Waals surface area contributed by atoms with Crippen LogP contribution >= 0.6 is 0 Å². The Morgan fingerprint density at radius 2 is 1.87 bits per heavy atom. The number of nitrogens with zero attached hydrogens (tertiary/aromatic N) is 4. The molecule has 4 rings (SSSR count). The molecule has 3 aromatic heterocycles. The van der Waals surface area contributed by atoms with Gasteiger partial charge in [0.25, 0.3) is 0 Å². The van der Waals surface area contributed by atoms with Crippen LogP contribution in [0.1, 0.15) is 53.0 Å². The smallest absolute Gasteiger partial charge is 0.166 e. The average Bonchev–Trinajstić information content (AvgIpc) is 2.92. The Labute approximate surface area is 225 Å². The van der Waals surface area contributed by atoms with Crippen molar-refractivity contribution in [1.82, 2.24) is 15.0 Å². The summed E-state index contributed by atoms with van der Waals surface area (Å²) >= 11 is 0. The summed E-state index contributed by atoms with van der Waals surface area (Å²) in [5.74, 6) is 0.458. The summed E-state index contributed by atoms with van der Waals surface area (Å²) in [7, 11) is 1.50. The average molecular weight is 512 g/mol. The minimum atomic E-state index is -2.47. The highest BCUT2D eigenvalue weighted by molar-refractivity contribution is 6.02. The van der Waals surface area contributed by atoms with Crippen LogP contribution < -0.4 is 15.4 Å². The van der Waals surface area contributed by atoms with Gasteiger partial charge in [-0.2, -0.15) is 5.26 Å². The summed E-state index contributed by atoms with van der Waals surface area (Å²) in [5, 5.41) is 25.8. The highest BCUT2D eigenvalue weighted by atomic mass is 16.5. The monoisotopic (exact) mass is 511 g/mol. The number of nitriles is 1. The van der Waals surface area contributed by atoms with E-state index < -0.39 is 24.7 Å². The molecule has 0 spiro atoms. The maximum Gasteiger partial charge on any atom is 0.166 e. The van der Waals surface area contributed by atoms with Gasteiger partial charge < -0.3 is 20.5 Å². The van der Waals surface area contributed by atoms with Gasteiger partial charge in [-0.3, -0.25) is 4.79 Å². The molecule has 0 saturated carbocycles. The van der Waals surface area contributed by atoms with Crippen molar-refractivity contribution in [2.45, 2.75) is 32.7 Å². The van der Waals surface area contributed by atoms with Crippen LogP contribution in [0.3, 0.4) is 0 Å². The van der Waals surface area contributed by atoms with E-state index in [1.807, 2.05) is 12.1 Å². The van der Waals surface area contributed by atoms with E-state index >= 15 is 0 Å². The number of nitrogens with one attached hydrogen (secondary N) is 2. The number of hydrogen-bond donors (Lipinski definition) is 3. The number of hydrogen-bond acceptors (Lipinski definition) is 9. The second-order valence-corrected chi connectivity index (χ2v) is 8.84. The molecule has 192 valence electrons. The minimum Gasteiger partial charge on any atom is -0.494 e. The Morgan fingerprint density at radius 1 is 1.08 bits per heavy atom. The predicted octanol–water partition coefficient (Wildman–Crippen LogP) is 5.73. The van der Waals surface area contributed by atoms with Gasteiger partial charge in [0.05, 0.1) is 35.4 Å². The third-order valence-electron chi connectivity index (χ3n) is 5.63. The summed E-state index contributed by atoms with van der Waals surface area (Å²) in [4.78, 5) is 26.1. The molecule has 9 heteroatoms. The number of aromatic nitrogens is 3. The maximum absolute atomic E-state index is 13.0. The Bertz CT molecular complexity index is 1630. The predicted molar refractivity (Wildman–Crippen MR) is 146 cm³/mol. The summed E-state index contributed by atoms with van der Waals surface area (Å²) in [6.45, 7) is 0.822. The van der Waals surface area contributed by atoms with E-state index in [4.69, 9.17) is 14.1 Å². The van der Waals surface area contributed by atoms with Gasteiger partial charge >= 0.3 is 0 Å². The fourth-order valence-corrected chi connectivity index (χ4v) is 3.77. The molecule has 3 N–H and O–H groups in total. The molecular formula is C29H28N6O3. The molecule has 0 aliphatic rings. The largest absolute Gasteiger partial charge is 0.494 e. The molecule has 0 bridgehead atoms. The van der Waals surface area contributed by atoms with Crippen LogP contribution in [0.25, 0.3) is 11.3 Å². The van der Waals surface area contributed by atoms with Crippen molar-refractivity contribution < 1.29 is 18.8 Å². The molecule has 0 atom stereocenters. The van der Waals surface area contributed by atoms with Gasteiger partial charge in [-0.25, -0.2) is 15.0 Å². The summed E-state index contributed by atoms with van der Waals surface area (Å²) in [6, 6.07) is 19.0. The van der Waals surface area contributed by atoms with Crippen molar-refractivity contribution in [2.24, 2.45) is 0 Å². The van der Waals surface area contributed by atoms with Crippen LogP contribution in [0.15, 0.2) is 66.9 Å². The Hall–Kier alpha value is -4.81. The van der Waals surface area contributed by atoms with Gasteiger partial charge in [-0.15, -0.1) is 0 Å². The van der Waals surface area contributed by atoms with E-state index in [1.165, 1.54) is 13.3 Å². The van der Waals surface area contributed by atoms with Crippen LogP contribution in [-0.4, -0.2) is 33.0 Å². The zero-order chi connectivity index (χ0) is 29.8. The number of methoxy groups -OCH3 is 1. The zero-order valence-electron chi connectivity index (χ0n) is 24.1. The number of aliphatic hydroxyl groups is 1. The molecule has 0 amide bonds. The second-order valence-electron chi connectivity index (χ2n) is 8.84. The van der Waals surface area contributed by atoms with E-state index in [0.717, 1.165) is 0 Å². The first-order chi connectivity index (χ1) is 19.4. The molecule has 4 aromatic rings. The van der Waals surface area contributed by atoms with Crippen LogP contribution in [0.2, 0.25) is 0 Å². The number of rotatable bonds is 9. The van der Waals surface area contributed by atoms with Gasteiger partial charge in [0, 0.05) is 28.4 Å². The molecule has 0 aliphatic heterocycles. The lowest BCUT2D eigenvalue weighted by Crippen LogP contribution is -2.17. The number of ether oxygens (including phenoxy) is 1. The Morgan fingerprint density at radius 3 is 2.61 bits per heavy atom. The number of para-hydroxylation sites is 1. The maximum atomic E-state index is 13.0. The third-order valence-corrected chi connectivity index (χ3v) is 5.63. The van der Waals surface area contributed by atoms with E-state index in [0.29, 0.717) is 40.0 Å². The van der Waals surface area contributed by atoms with Crippen LogP contribution in [0.4, 0.5) is 23.0 Å². The highest BCUT2D eigenvalue weighted by Crippen LogP contribution is 2.38. The normalized spacial score (nSPS) is 12.4. The number of ketones is 1. The Balaban J connectivity index is 1.77. The molecule has 0 aliphatic carbocycles. The first kappa shape index (κ1) is 22.4. The zero-order valence-corrected chi connectivity index (χ0v) is 21.1. The molecule has 1 aromatic carbocycles. The van der Waals surface area contributed by atoms with Gasteiger partial charge in [0.1, 0.15) is 29.0 Å². The topological polar surface area (TPSA) is 133 Å².